The summed E-state index contributed by atoms with van der Waals surface area (Å²) >= 11 is 0. The van der Waals surface area contributed by atoms with Crippen LogP contribution in [0.15, 0.2) is 24.3 Å². The smallest absolute Gasteiger partial charge is 0.224 e. The second kappa shape index (κ2) is 8.96. The van der Waals surface area contributed by atoms with E-state index in [9.17, 15) is 9.59 Å². The topological polar surface area (TPSA) is 67.4 Å². The Bertz CT molecular complexity index is 429. The van der Waals surface area contributed by atoms with Gasteiger partial charge in [0.05, 0.1) is 13.5 Å². The van der Waals surface area contributed by atoms with Crippen molar-refractivity contribution >= 4 is 11.8 Å². The number of rotatable bonds is 8. The number of nitrogens with one attached hydrogen (secondary N) is 2. The van der Waals surface area contributed by atoms with Crippen LogP contribution in [-0.2, 0) is 16.0 Å². The van der Waals surface area contributed by atoms with Crippen LogP contribution in [0.5, 0.6) is 5.75 Å². The zero-order chi connectivity index (χ0) is 14.8. The van der Waals surface area contributed by atoms with Gasteiger partial charge in [-0.25, -0.2) is 0 Å². The van der Waals surface area contributed by atoms with E-state index in [1.807, 2.05) is 31.2 Å². The number of benzene rings is 1. The van der Waals surface area contributed by atoms with E-state index >= 15 is 0 Å². The lowest BCUT2D eigenvalue weighted by molar-refractivity contribution is -0.122. The van der Waals surface area contributed by atoms with E-state index < -0.39 is 0 Å². The molecule has 1 aromatic rings. The molecule has 0 atom stereocenters. The highest BCUT2D eigenvalue weighted by Crippen LogP contribution is 2.11. The number of carbonyl (C=O) groups is 2. The van der Waals surface area contributed by atoms with Gasteiger partial charge in [0.15, 0.2) is 0 Å². The lowest BCUT2D eigenvalue weighted by Gasteiger charge is -2.07. The number of hydrogen-bond donors (Lipinski definition) is 2. The molecule has 2 amide bonds. The van der Waals surface area contributed by atoms with Gasteiger partial charge in [-0.05, 0) is 24.1 Å². The van der Waals surface area contributed by atoms with Crippen molar-refractivity contribution in [3.63, 3.8) is 0 Å². The maximum Gasteiger partial charge on any atom is 0.224 e. The molecule has 1 aromatic carbocycles. The highest BCUT2D eigenvalue weighted by Gasteiger charge is 2.03. The molecule has 0 aliphatic rings. The minimum absolute atomic E-state index is 0.0249. The molecule has 0 radical (unpaired) electrons. The second-order valence-electron chi connectivity index (χ2n) is 4.47. The molecule has 0 aromatic heterocycles. The molecule has 0 fully saturated rings. The molecule has 1 rings (SSSR count). The summed E-state index contributed by atoms with van der Waals surface area (Å²) in [6, 6.07) is 7.38. The third-order valence-electron chi connectivity index (χ3n) is 2.77. The van der Waals surface area contributed by atoms with Gasteiger partial charge in [0, 0.05) is 19.5 Å². The second-order valence-corrected chi connectivity index (χ2v) is 4.47. The van der Waals surface area contributed by atoms with Gasteiger partial charge in [0.25, 0.3) is 0 Å². The normalized spacial score (nSPS) is 9.90. The number of amides is 2. The van der Waals surface area contributed by atoms with E-state index in [0.717, 1.165) is 17.7 Å². The van der Waals surface area contributed by atoms with Crippen LogP contribution in [-0.4, -0.2) is 32.0 Å². The van der Waals surface area contributed by atoms with Gasteiger partial charge >= 0.3 is 0 Å². The summed E-state index contributed by atoms with van der Waals surface area (Å²) in [5.74, 6) is 0.740. The Morgan fingerprint density at radius 2 is 1.65 bits per heavy atom. The molecule has 20 heavy (non-hydrogen) atoms. The number of methoxy groups -OCH3 is 1. The number of carbonyl (C=O) groups excluding carboxylic acids is 2. The van der Waals surface area contributed by atoms with E-state index in [0.29, 0.717) is 25.9 Å². The predicted octanol–water partition coefficient (Wildman–Crippen LogP) is 1.27. The molecular formula is C15H22N2O3. The first-order valence-corrected chi connectivity index (χ1v) is 6.82. The Morgan fingerprint density at radius 3 is 2.20 bits per heavy atom. The fraction of sp³-hybridized carbons (Fsp3) is 0.467. The van der Waals surface area contributed by atoms with Crippen molar-refractivity contribution in [1.82, 2.24) is 10.6 Å². The third-order valence-corrected chi connectivity index (χ3v) is 2.77. The molecule has 2 N–H and O–H groups in total. The number of ether oxygens (including phenoxy) is 1. The summed E-state index contributed by atoms with van der Waals surface area (Å²) in [5, 5.41) is 5.52. The van der Waals surface area contributed by atoms with Crippen molar-refractivity contribution in [2.45, 2.75) is 26.2 Å². The van der Waals surface area contributed by atoms with E-state index in [1.165, 1.54) is 0 Å². The Labute approximate surface area is 119 Å². The van der Waals surface area contributed by atoms with Crippen molar-refractivity contribution < 1.29 is 14.3 Å². The maximum absolute atomic E-state index is 11.7. The van der Waals surface area contributed by atoms with Gasteiger partial charge in [-0.3, -0.25) is 9.59 Å². The molecule has 0 saturated heterocycles. The van der Waals surface area contributed by atoms with Crippen molar-refractivity contribution in [2.24, 2.45) is 0 Å². The van der Waals surface area contributed by atoms with Gasteiger partial charge in [-0.15, -0.1) is 0 Å². The summed E-state index contributed by atoms with van der Waals surface area (Å²) in [6.07, 6.45) is 1.68. The lowest BCUT2D eigenvalue weighted by Crippen LogP contribution is -2.35. The molecule has 0 saturated carbocycles. The van der Waals surface area contributed by atoms with Crippen LogP contribution in [0.2, 0.25) is 0 Å². The monoisotopic (exact) mass is 278 g/mol. The minimum Gasteiger partial charge on any atom is -0.497 e. The SMILES string of the molecule is CCCC(=O)NCCNC(=O)Cc1ccc(OC)cc1. The molecule has 5 heteroatoms. The highest BCUT2D eigenvalue weighted by molar-refractivity contribution is 5.79. The van der Waals surface area contributed by atoms with Crippen molar-refractivity contribution in [2.75, 3.05) is 20.2 Å². The van der Waals surface area contributed by atoms with Crippen LogP contribution in [0.1, 0.15) is 25.3 Å². The first kappa shape index (κ1) is 16.0. The van der Waals surface area contributed by atoms with Gasteiger partial charge in [-0.2, -0.15) is 0 Å². The largest absolute Gasteiger partial charge is 0.497 e. The summed E-state index contributed by atoms with van der Waals surface area (Å²) < 4.78 is 5.06. The van der Waals surface area contributed by atoms with Gasteiger partial charge in [-0.1, -0.05) is 19.1 Å². The summed E-state index contributed by atoms with van der Waals surface area (Å²) in [5.41, 5.74) is 0.929. The highest BCUT2D eigenvalue weighted by atomic mass is 16.5. The molecule has 0 bridgehead atoms. The van der Waals surface area contributed by atoms with E-state index in [2.05, 4.69) is 10.6 Å². The fourth-order valence-corrected chi connectivity index (χ4v) is 1.71. The minimum atomic E-state index is -0.0556. The van der Waals surface area contributed by atoms with Crippen LogP contribution >= 0.6 is 0 Å². The van der Waals surface area contributed by atoms with Gasteiger partial charge in [0.2, 0.25) is 11.8 Å². The van der Waals surface area contributed by atoms with Crippen molar-refractivity contribution in [3.8, 4) is 5.75 Å². The first-order chi connectivity index (χ1) is 9.65. The molecular weight excluding hydrogens is 256 g/mol. The zero-order valence-corrected chi connectivity index (χ0v) is 12.1. The lowest BCUT2D eigenvalue weighted by atomic mass is 10.1. The standard InChI is InChI=1S/C15H22N2O3/c1-3-4-14(18)16-9-10-17-15(19)11-12-5-7-13(20-2)8-6-12/h5-8H,3-4,9-11H2,1-2H3,(H,16,18)(H,17,19). The van der Waals surface area contributed by atoms with Crippen LogP contribution in [0, 0.1) is 0 Å². The predicted molar refractivity (Wildman–Crippen MR) is 77.6 cm³/mol. The van der Waals surface area contributed by atoms with E-state index in [-0.39, 0.29) is 11.8 Å². The molecule has 0 aliphatic heterocycles. The van der Waals surface area contributed by atoms with Crippen LogP contribution < -0.4 is 15.4 Å². The van der Waals surface area contributed by atoms with Crippen LogP contribution in [0.25, 0.3) is 0 Å². The Kier molecular flexibility index (Phi) is 7.17. The Morgan fingerprint density at radius 1 is 1.05 bits per heavy atom. The van der Waals surface area contributed by atoms with Crippen LogP contribution in [0.4, 0.5) is 0 Å². The Balaban J connectivity index is 2.21. The van der Waals surface area contributed by atoms with Gasteiger partial charge < -0.3 is 15.4 Å². The molecule has 0 aliphatic carbocycles. The third kappa shape index (κ3) is 6.22. The molecule has 0 unspecified atom stereocenters. The molecule has 5 nitrogen and oxygen atoms in total. The van der Waals surface area contributed by atoms with Gasteiger partial charge in [0.1, 0.15) is 5.75 Å². The summed E-state index contributed by atoms with van der Waals surface area (Å²) in [4.78, 5) is 22.9. The quantitative estimate of drug-likeness (QED) is 0.704. The van der Waals surface area contributed by atoms with Crippen molar-refractivity contribution in [1.29, 1.82) is 0 Å². The zero-order valence-electron chi connectivity index (χ0n) is 12.1. The van der Waals surface area contributed by atoms with E-state index in [4.69, 9.17) is 4.74 Å². The molecule has 110 valence electrons. The Hall–Kier alpha value is -2.04. The summed E-state index contributed by atoms with van der Waals surface area (Å²) in [7, 11) is 1.61. The summed E-state index contributed by atoms with van der Waals surface area (Å²) in [6.45, 7) is 2.87. The van der Waals surface area contributed by atoms with Crippen LogP contribution in [0.3, 0.4) is 0 Å². The average Bonchev–Trinajstić information content (AvgIpc) is 2.45. The molecule has 0 spiro atoms. The number of hydrogen-bond acceptors (Lipinski definition) is 3. The first-order valence-electron chi connectivity index (χ1n) is 6.82. The van der Waals surface area contributed by atoms with Crippen molar-refractivity contribution in [3.05, 3.63) is 29.8 Å². The fourth-order valence-electron chi connectivity index (χ4n) is 1.71. The molecule has 0 heterocycles. The maximum atomic E-state index is 11.7. The van der Waals surface area contributed by atoms with E-state index in [1.54, 1.807) is 7.11 Å². The average molecular weight is 278 g/mol.